The summed E-state index contributed by atoms with van der Waals surface area (Å²) in [6.07, 6.45) is 0. The predicted molar refractivity (Wildman–Crippen MR) is 100 cm³/mol. The molecule has 3 aromatic rings. The predicted octanol–water partition coefficient (Wildman–Crippen LogP) is 6.39. The van der Waals surface area contributed by atoms with Gasteiger partial charge in [-0.05, 0) is 74.2 Å². The minimum absolute atomic E-state index is 1.19. The Bertz CT molecular complexity index is 767. The molecule has 3 rings (SSSR count). The van der Waals surface area contributed by atoms with Crippen molar-refractivity contribution in [3.05, 3.63) is 89.0 Å². The van der Waals surface area contributed by atoms with Crippen molar-refractivity contribution in [1.29, 1.82) is 0 Å². The van der Waals surface area contributed by atoms with Crippen LogP contribution in [0.15, 0.2) is 66.7 Å². The van der Waals surface area contributed by atoms with Gasteiger partial charge in [-0.1, -0.05) is 42.5 Å². The summed E-state index contributed by atoms with van der Waals surface area (Å²) in [6, 6.07) is 23.9. The Morgan fingerprint density at radius 2 is 1.04 bits per heavy atom. The average Bonchev–Trinajstić information content (AvgIpc) is 2.55. The third-order valence-electron chi connectivity index (χ3n) is 4.23. The lowest BCUT2D eigenvalue weighted by Crippen LogP contribution is -2.13. The van der Waals surface area contributed by atoms with Gasteiger partial charge < -0.3 is 4.90 Å². The molecule has 0 atom stereocenters. The number of aryl methyl sites for hydroxylation is 4. The summed E-state index contributed by atoms with van der Waals surface area (Å²) < 4.78 is 0. The van der Waals surface area contributed by atoms with Gasteiger partial charge in [-0.15, -0.1) is 0 Å². The van der Waals surface area contributed by atoms with Gasteiger partial charge in [0.05, 0.1) is 0 Å². The lowest BCUT2D eigenvalue weighted by molar-refractivity contribution is 1.21. The van der Waals surface area contributed by atoms with Crippen LogP contribution in [0.5, 0.6) is 0 Å². The molecule has 0 saturated heterocycles. The lowest BCUT2D eigenvalue weighted by Gasteiger charge is -2.29. The number of rotatable bonds is 3. The van der Waals surface area contributed by atoms with E-state index < -0.39 is 0 Å². The fraction of sp³-hybridized carbons (Fsp3) is 0.182. The van der Waals surface area contributed by atoms with E-state index in [1.807, 2.05) is 0 Å². The normalized spacial score (nSPS) is 10.6. The van der Waals surface area contributed by atoms with Gasteiger partial charge in [0.15, 0.2) is 0 Å². The standard InChI is InChI=1S/C22H23N/c1-16-10-12-18(3)21(14-16)23(20-8-6-5-7-9-20)22-15-17(2)11-13-19(22)4/h5-15H,1-4H3. The van der Waals surface area contributed by atoms with Crippen molar-refractivity contribution in [1.82, 2.24) is 0 Å². The van der Waals surface area contributed by atoms with Gasteiger partial charge >= 0.3 is 0 Å². The second-order valence-corrected chi connectivity index (χ2v) is 6.25. The summed E-state index contributed by atoms with van der Waals surface area (Å²) in [5.74, 6) is 0. The third kappa shape index (κ3) is 3.14. The van der Waals surface area contributed by atoms with E-state index in [0.717, 1.165) is 0 Å². The minimum atomic E-state index is 1.19. The molecule has 0 spiro atoms. The van der Waals surface area contributed by atoms with Crippen molar-refractivity contribution in [3.8, 4) is 0 Å². The van der Waals surface area contributed by atoms with Crippen LogP contribution in [0.4, 0.5) is 17.1 Å². The fourth-order valence-corrected chi connectivity index (χ4v) is 2.91. The van der Waals surface area contributed by atoms with Crippen LogP contribution in [0.25, 0.3) is 0 Å². The van der Waals surface area contributed by atoms with Crippen molar-refractivity contribution in [2.45, 2.75) is 27.7 Å². The van der Waals surface area contributed by atoms with E-state index >= 15 is 0 Å². The zero-order valence-corrected chi connectivity index (χ0v) is 14.3. The zero-order valence-electron chi connectivity index (χ0n) is 14.3. The first-order valence-corrected chi connectivity index (χ1v) is 8.06. The van der Waals surface area contributed by atoms with Gasteiger partial charge in [0.25, 0.3) is 0 Å². The molecular formula is C22H23N. The number of anilines is 3. The molecule has 0 heterocycles. The van der Waals surface area contributed by atoms with E-state index in [1.54, 1.807) is 0 Å². The highest BCUT2D eigenvalue weighted by atomic mass is 15.1. The molecule has 0 aliphatic rings. The summed E-state index contributed by atoms with van der Waals surface area (Å²) in [6.45, 7) is 8.65. The Morgan fingerprint density at radius 3 is 1.52 bits per heavy atom. The Labute approximate surface area is 139 Å². The van der Waals surface area contributed by atoms with Gasteiger partial charge in [-0.25, -0.2) is 0 Å². The summed E-state index contributed by atoms with van der Waals surface area (Å²) in [7, 11) is 0. The van der Waals surface area contributed by atoms with Crippen LogP contribution >= 0.6 is 0 Å². The highest BCUT2D eigenvalue weighted by Crippen LogP contribution is 2.38. The van der Waals surface area contributed by atoms with Crippen LogP contribution in [-0.2, 0) is 0 Å². The van der Waals surface area contributed by atoms with Crippen LogP contribution < -0.4 is 4.90 Å². The topological polar surface area (TPSA) is 3.24 Å². The van der Waals surface area contributed by atoms with Crippen molar-refractivity contribution >= 4 is 17.1 Å². The molecule has 3 aromatic carbocycles. The number of hydrogen-bond donors (Lipinski definition) is 0. The van der Waals surface area contributed by atoms with Crippen molar-refractivity contribution in [2.24, 2.45) is 0 Å². The van der Waals surface area contributed by atoms with Gasteiger partial charge in [-0.3, -0.25) is 0 Å². The van der Waals surface area contributed by atoms with Crippen LogP contribution in [-0.4, -0.2) is 0 Å². The zero-order chi connectivity index (χ0) is 16.4. The summed E-state index contributed by atoms with van der Waals surface area (Å²) in [5.41, 5.74) is 8.78. The van der Waals surface area contributed by atoms with Crippen LogP contribution in [0.2, 0.25) is 0 Å². The van der Waals surface area contributed by atoms with E-state index in [2.05, 4.69) is 99.3 Å². The molecule has 0 fully saturated rings. The Hall–Kier alpha value is -2.54. The van der Waals surface area contributed by atoms with Crippen molar-refractivity contribution < 1.29 is 0 Å². The molecule has 0 aromatic heterocycles. The molecule has 0 radical (unpaired) electrons. The number of nitrogens with zero attached hydrogens (tertiary/aromatic N) is 1. The molecule has 116 valence electrons. The average molecular weight is 301 g/mol. The van der Waals surface area contributed by atoms with Crippen LogP contribution in [0.1, 0.15) is 22.3 Å². The van der Waals surface area contributed by atoms with E-state index in [0.29, 0.717) is 0 Å². The summed E-state index contributed by atoms with van der Waals surface area (Å²) in [5, 5.41) is 0. The second-order valence-electron chi connectivity index (χ2n) is 6.25. The summed E-state index contributed by atoms with van der Waals surface area (Å²) >= 11 is 0. The molecule has 0 aliphatic heterocycles. The molecule has 0 unspecified atom stereocenters. The molecular weight excluding hydrogens is 278 g/mol. The molecule has 0 bridgehead atoms. The third-order valence-corrected chi connectivity index (χ3v) is 4.23. The number of hydrogen-bond acceptors (Lipinski definition) is 1. The highest BCUT2D eigenvalue weighted by molar-refractivity contribution is 5.80. The van der Waals surface area contributed by atoms with E-state index in [-0.39, 0.29) is 0 Å². The first-order valence-electron chi connectivity index (χ1n) is 8.06. The molecule has 0 N–H and O–H groups in total. The Balaban J connectivity index is 2.27. The first kappa shape index (κ1) is 15.4. The van der Waals surface area contributed by atoms with Crippen molar-refractivity contribution in [2.75, 3.05) is 4.90 Å². The van der Waals surface area contributed by atoms with Gasteiger partial charge in [0.2, 0.25) is 0 Å². The molecule has 1 nitrogen and oxygen atoms in total. The maximum Gasteiger partial charge on any atom is 0.0493 e. The van der Waals surface area contributed by atoms with E-state index in [1.165, 1.54) is 39.3 Å². The SMILES string of the molecule is Cc1ccc(C)c(N(c2ccccc2)c2cc(C)ccc2C)c1. The number of benzene rings is 3. The Morgan fingerprint density at radius 1 is 0.565 bits per heavy atom. The molecule has 0 amide bonds. The van der Waals surface area contributed by atoms with E-state index in [9.17, 15) is 0 Å². The largest absolute Gasteiger partial charge is 0.310 e. The second kappa shape index (κ2) is 6.29. The van der Waals surface area contributed by atoms with Crippen molar-refractivity contribution in [3.63, 3.8) is 0 Å². The molecule has 23 heavy (non-hydrogen) atoms. The first-order chi connectivity index (χ1) is 11.1. The highest BCUT2D eigenvalue weighted by Gasteiger charge is 2.16. The van der Waals surface area contributed by atoms with Gasteiger partial charge in [0.1, 0.15) is 0 Å². The maximum absolute atomic E-state index is 2.37. The van der Waals surface area contributed by atoms with Gasteiger partial charge in [0, 0.05) is 17.1 Å². The Kier molecular flexibility index (Phi) is 4.20. The van der Waals surface area contributed by atoms with Gasteiger partial charge in [-0.2, -0.15) is 0 Å². The van der Waals surface area contributed by atoms with E-state index in [4.69, 9.17) is 0 Å². The summed E-state index contributed by atoms with van der Waals surface area (Å²) in [4.78, 5) is 2.37. The van der Waals surface area contributed by atoms with Crippen LogP contribution in [0, 0.1) is 27.7 Å². The molecule has 0 aliphatic carbocycles. The fourth-order valence-electron chi connectivity index (χ4n) is 2.91. The monoisotopic (exact) mass is 301 g/mol. The smallest absolute Gasteiger partial charge is 0.0493 e. The maximum atomic E-state index is 2.37. The molecule has 1 heteroatoms. The van der Waals surface area contributed by atoms with Crippen LogP contribution in [0.3, 0.4) is 0 Å². The number of para-hydroxylation sites is 1. The minimum Gasteiger partial charge on any atom is -0.310 e. The molecule has 0 saturated carbocycles. The quantitative estimate of drug-likeness (QED) is 0.541. The lowest BCUT2D eigenvalue weighted by atomic mass is 10.0.